The number of hydrogen-bond acceptors (Lipinski definition) is 9. The maximum Gasteiger partial charge on any atom is 0.405 e. The lowest BCUT2D eigenvalue weighted by molar-refractivity contribution is -0.120. The van der Waals surface area contributed by atoms with E-state index in [0.29, 0.717) is 12.0 Å². The van der Waals surface area contributed by atoms with Gasteiger partial charge in [0.2, 0.25) is 11.6 Å². The molecule has 2 rings (SSSR count). The van der Waals surface area contributed by atoms with Crippen LogP contribution in [-0.2, 0) is 33.3 Å². The first-order valence-electron chi connectivity index (χ1n) is 13.0. The maximum atomic E-state index is 13.3. The van der Waals surface area contributed by atoms with Crippen molar-refractivity contribution in [2.45, 2.75) is 65.0 Å². The summed E-state index contributed by atoms with van der Waals surface area (Å²) in [6.45, 7) is 6.92. The minimum absolute atomic E-state index is 0.0801. The van der Waals surface area contributed by atoms with E-state index in [1.165, 1.54) is 34.3 Å². The quantitative estimate of drug-likeness (QED) is 0.346. The van der Waals surface area contributed by atoms with E-state index in [0.717, 1.165) is 6.08 Å². The number of hydrogen-bond donors (Lipinski definition) is 3. The van der Waals surface area contributed by atoms with Crippen molar-refractivity contribution >= 4 is 23.6 Å². The number of Topliss-reactive ketones (excluding diaryl/α,β-unsaturated/α-hetero) is 1. The molecule has 40 heavy (non-hydrogen) atoms. The molecule has 220 valence electrons. The average molecular weight is 561 g/mol. The van der Waals surface area contributed by atoms with Crippen LogP contribution >= 0.6 is 0 Å². The minimum Gasteiger partial charge on any atom is -0.492 e. The van der Waals surface area contributed by atoms with Crippen molar-refractivity contribution in [2.24, 2.45) is 17.6 Å². The third-order valence-electron chi connectivity index (χ3n) is 6.95. The molecule has 11 heteroatoms. The Morgan fingerprint density at radius 3 is 2.35 bits per heavy atom. The zero-order valence-corrected chi connectivity index (χ0v) is 24.1. The van der Waals surface area contributed by atoms with Gasteiger partial charge in [0.25, 0.3) is 5.91 Å². The third kappa shape index (κ3) is 8.23. The van der Waals surface area contributed by atoms with Crippen LogP contribution in [0.4, 0.5) is 4.79 Å². The van der Waals surface area contributed by atoms with Crippen molar-refractivity contribution in [3.05, 3.63) is 58.6 Å². The van der Waals surface area contributed by atoms with Crippen molar-refractivity contribution in [2.75, 3.05) is 21.3 Å². The SMILES string of the molecule is COC1=C2C[C@@H](C)C[C@H](OC)[C@H](O)[C@@H](C)/C=C(/C)[C@H](OC(N)=O)[C@@H](OC)/C=C/C=C(/C)C(=O)NC(=CC1=O)C2=O. The van der Waals surface area contributed by atoms with Crippen molar-refractivity contribution in [3.8, 4) is 0 Å². The van der Waals surface area contributed by atoms with Gasteiger partial charge in [-0.1, -0.05) is 38.2 Å². The number of allylic oxidation sites excluding steroid dienone is 4. The summed E-state index contributed by atoms with van der Waals surface area (Å²) in [6.07, 6.45) is 3.61. The van der Waals surface area contributed by atoms with Gasteiger partial charge in [-0.3, -0.25) is 14.4 Å². The fraction of sp³-hybridized carbons (Fsp3) is 0.517. The van der Waals surface area contributed by atoms with E-state index in [4.69, 9.17) is 24.7 Å². The van der Waals surface area contributed by atoms with E-state index in [1.807, 2.05) is 6.92 Å². The number of rotatable bonds is 4. The highest BCUT2D eigenvalue weighted by Gasteiger charge is 2.34. The number of aliphatic hydroxyl groups excluding tert-OH is 1. The van der Waals surface area contributed by atoms with Crippen LogP contribution in [0.3, 0.4) is 0 Å². The Morgan fingerprint density at radius 2 is 1.77 bits per heavy atom. The highest BCUT2D eigenvalue weighted by molar-refractivity contribution is 6.23. The number of ketones is 2. The Bertz CT molecular complexity index is 1150. The summed E-state index contributed by atoms with van der Waals surface area (Å²) in [4.78, 5) is 50.6. The monoisotopic (exact) mass is 560 g/mol. The van der Waals surface area contributed by atoms with Crippen LogP contribution in [0.15, 0.2) is 58.6 Å². The zero-order valence-electron chi connectivity index (χ0n) is 24.1. The van der Waals surface area contributed by atoms with Gasteiger partial charge in [0.15, 0.2) is 11.9 Å². The molecule has 2 aliphatic rings. The molecule has 1 heterocycles. The Balaban J connectivity index is 2.60. The smallest absolute Gasteiger partial charge is 0.405 e. The molecule has 0 aromatic rings. The second kappa shape index (κ2) is 14.7. The van der Waals surface area contributed by atoms with Gasteiger partial charge in [0.1, 0.15) is 6.10 Å². The summed E-state index contributed by atoms with van der Waals surface area (Å²) < 4.78 is 21.7. The van der Waals surface area contributed by atoms with E-state index < -0.39 is 53.9 Å². The highest BCUT2D eigenvalue weighted by atomic mass is 16.6. The van der Waals surface area contributed by atoms with Gasteiger partial charge in [-0.05, 0) is 38.2 Å². The average Bonchev–Trinajstić information content (AvgIpc) is 2.90. The minimum atomic E-state index is -1.00. The van der Waals surface area contributed by atoms with Crippen molar-refractivity contribution in [1.82, 2.24) is 5.32 Å². The lowest BCUT2D eigenvalue weighted by atomic mass is 9.85. The number of primary amides is 1. The molecule has 0 spiro atoms. The second-order valence-electron chi connectivity index (χ2n) is 10.1. The molecule has 1 aliphatic carbocycles. The Labute approximate surface area is 234 Å². The molecule has 4 N–H and O–H groups in total. The second-order valence-corrected chi connectivity index (χ2v) is 10.1. The summed E-state index contributed by atoms with van der Waals surface area (Å²) in [7, 11) is 4.21. The highest BCUT2D eigenvalue weighted by Crippen LogP contribution is 2.29. The van der Waals surface area contributed by atoms with Gasteiger partial charge in [-0.2, -0.15) is 0 Å². The number of aliphatic hydroxyl groups is 1. The molecule has 0 saturated carbocycles. The predicted octanol–water partition coefficient (Wildman–Crippen LogP) is 2.41. The van der Waals surface area contributed by atoms with Crippen LogP contribution < -0.4 is 11.1 Å². The van der Waals surface area contributed by atoms with Gasteiger partial charge in [0.05, 0.1) is 25.0 Å². The van der Waals surface area contributed by atoms with Crippen LogP contribution in [0.5, 0.6) is 0 Å². The first kappa shape index (κ1) is 32.7. The Morgan fingerprint density at radius 1 is 1.10 bits per heavy atom. The number of ether oxygens (including phenoxy) is 4. The third-order valence-corrected chi connectivity index (χ3v) is 6.95. The van der Waals surface area contributed by atoms with E-state index in [1.54, 1.807) is 32.1 Å². The van der Waals surface area contributed by atoms with Crippen LogP contribution in [0.25, 0.3) is 0 Å². The molecule has 11 nitrogen and oxygen atoms in total. The van der Waals surface area contributed by atoms with E-state index in [-0.39, 0.29) is 34.9 Å². The molecule has 0 aromatic carbocycles. The molecule has 2 bridgehead atoms. The van der Waals surface area contributed by atoms with Crippen LogP contribution in [0.1, 0.15) is 40.5 Å². The Kier molecular flexibility index (Phi) is 12.0. The van der Waals surface area contributed by atoms with Crippen molar-refractivity contribution in [1.29, 1.82) is 0 Å². The van der Waals surface area contributed by atoms with Gasteiger partial charge >= 0.3 is 6.09 Å². The molecule has 1 aliphatic heterocycles. The maximum absolute atomic E-state index is 13.3. The standard InChI is InChI=1S/C29H40N2O9/c1-15-11-19-25(34)20(14-21(32)27(19)39-7)31-28(35)16(2)9-8-10-22(37-5)26(40-29(30)36)18(4)13-17(3)24(33)23(12-15)38-6/h8-10,13-15,17,22-24,26,33H,11-12H2,1-7H3,(H2,30,36)(H,31,35)/b10-8+,16-9-,18-13-/t15-,17+,22+,23+,24-,26+/m1/s1. The first-order chi connectivity index (χ1) is 18.8. The van der Waals surface area contributed by atoms with E-state index in [2.05, 4.69) is 5.32 Å². The van der Waals surface area contributed by atoms with Crippen LogP contribution in [-0.4, -0.2) is 74.4 Å². The van der Waals surface area contributed by atoms with Gasteiger partial charge in [-0.15, -0.1) is 0 Å². The van der Waals surface area contributed by atoms with Crippen molar-refractivity contribution < 1.29 is 43.2 Å². The molecule has 0 unspecified atom stereocenters. The van der Waals surface area contributed by atoms with E-state index in [9.17, 15) is 24.3 Å². The molecule has 6 atom stereocenters. The normalized spacial score (nSPS) is 32.7. The molecular formula is C29H40N2O9. The molecule has 0 aromatic heterocycles. The largest absolute Gasteiger partial charge is 0.492 e. The molecular weight excluding hydrogens is 520 g/mol. The van der Waals surface area contributed by atoms with Gasteiger partial charge in [0, 0.05) is 37.4 Å². The molecule has 2 amide bonds. The number of carbonyl (C=O) groups is 4. The number of methoxy groups -OCH3 is 3. The van der Waals surface area contributed by atoms with Crippen molar-refractivity contribution in [3.63, 3.8) is 0 Å². The molecule has 0 saturated heterocycles. The molecule has 0 radical (unpaired) electrons. The summed E-state index contributed by atoms with van der Waals surface area (Å²) in [6, 6.07) is 0. The topological polar surface area (TPSA) is 163 Å². The van der Waals surface area contributed by atoms with Crippen LogP contribution in [0.2, 0.25) is 0 Å². The van der Waals surface area contributed by atoms with Crippen LogP contribution in [0, 0.1) is 11.8 Å². The summed E-state index contributed by atoms with van der Waals surface area (Å²) in [5, 5.41) is 13.7. The summed E-state index contributed by atoms with van der Waals surface area (Å²) in [5.74, 6) is -2.39. The summed E-state index contributed by atoms with van der Waals surface area (Å²) in [5.41, 5.74) is 6.12. The number of carbonyl (C=O) groups excluding carboxylic acids is 4. The lowest BCUT2D eigenvalue weighted by Crippen LogP contribution is -2.37. The number of fused-ring (bicyclic) bond motifs is 2. The first-order valence-corrected chi connectivity index (χ1v) is 13.0. The number of amides is 2. The van der Waals surface area contributed by atoms with Gasteiger partial charge < -0.3 is 35.1 Å². The van der Waals surface area contributed by atoms with E-state index >= 15 is 0 Å². The molecule has 0 fully saturated rings. The lowest BCUT2D eigenvalue weighted by Gasteiger charge is -2.29. The number of nitrogens with two attached hydrogens (primary N) is 1. The zero-order chi connectivity index (χ0) is 30.1. The Hall–Kier alpha value is -3.54. The van der Waals surface area contributed by atoms with Gasteiger partial charge in [-0.25, -0.2) is 4.79 Å². The number of nitrogens with one attached hydrogen (secondary N) is 1. The fourth-order valence-electron chi connectivity index (χ4n) is 4.78. The summed E-state index contributed by atoms with van der Waals surface area (Å²) >= 11 is 0. The fourth-order valence-corrected chi connectivity index (χ4v) is 4.78. The predicted molar refractivity (Wildman–Crippen MR) is 147 cm³/mol.